The van der Waals surface area contributed by atoms with Crippen molar-refractivity contribution < 1.29 is 14.2 Å². The molecule has 1 saturated heterocycles. The maximum absolute atomic E-state index is 6.53. The van der Waals surface area contributed by atoms with E-state index in [4.69, 9.17) is 25.8 Å². The molecule has 0 unspecified atom stereocenters. The van der Waals surface area contributed by atoms with Gasteiger partial charge in [0.2, 0.25) is 0 Å². The van der Waals surface area contributed by atoms with Crippen molar-refractivity contribution in [2.24, 2.45) is 0 Å². The molecule has 1 aliphatic rings. The number of nitrogens with one attached hydrogen (secondary N) is 1. The minimum atomic E-state index is 0.481. The molecule has 0 atom stereocenters. The van der Waals surface area contributed by atoms with Gasteiger partial charge in [-0.05, 0) is 31.0 Å². The van der Waals surface area contributed by atoms with Gasteiger partial charge in [0, 0.05) is 43.8 Å². The zero-order chi connectivity index (χ0) is 20.5. The van der Waals surface area contributed by atoms with E-state index in [1.165, 1.54) is 5.56 Å². The summed E-state index contributed by atoms with van der Waals surface area (Å²) in [4.78, 5) is 2.41. The maximum Gasteiger partial charge on any atom is 0.163 e. The molecule has 0 spiro atoms. The minimum absolute atomic E-state index is 0.481. The highest BCUT2D eigenvalue weighted by atomic mass is 35.5. The Labute approximate surface area is 178 Å². The monoisotopic (exact) mass is 418 g/mol. The molecular formula is C23H31ClN2O3. The van der Waals surface area contributed by atoms with Crippen molar-refractivity contribution in [1.29, 1.82) is 0 Å². The third kappa shape index (κ3) is 6.89. The van der Waals surface area contributed by atoms with E-state index in [9.17, 15) is 0 Å². The van der Waals surface area contributed by atoms with Crippen LogP contribution in [0.3, 0.4) is 0 Å². The zero-order valence-electron chi connectivity index (χ0n) is 17.4. The van der Waals surface area contributed by atoms with Gasteiger partial charge < -0.3 is 19.5 Å². The van der Waals surface area contributed by atoms with Crippen LogP contribution in [-0.2, 0) is 17.9 Å². The van der Waals surface area contributed by atoms with Crippen LogP contribution >= 0.6 is 11.6 Å². The Morgan fingerprint density at radius 3 is 2.66 bits per heavy atom. The van der Waals surface area contributed by atoms with Crippen LogP contribution in [0.5, 0.6) is 11.5 Å². The van der Waals surface area contributed by atoms with Crippen LogP contribution in [0, 0.1) is 6.92 Å². The van der Waals surface area contributed by atoms with Gasteiger partial charge in [-0.15, -0.1) is 0 Å². The van der Waals surface area contributed by atoms with Crippen LogP contribution in [0.15, 0.2) is 36.4 Å². The van der Waals surface area contributed by atoms with E-state index in [-0.39, 0.29) is 0 Å². The molecule has 6 heteroatoms. The van der Waals surface area contributed by atoms with E-state index < -0.39 is 0 Å². The normalized spacial score (nSPS) is 14.7. The van der Waals surface area contributed by atoms with E-state index in [0.29, 0.717) is 30.5 Å². The molecule has 29 heavy (non-hydrogen) atoms. The number of hydrogen-bond donors (Lipinski definition) is 1. The Balaban J connectivity index is 1.57. The first-order valence-corrected chi connectivity index (χ1v) is 10.7. The van der Waals surface area contributed by atoms with Gasteiger partial charge in [-0.2, -0.15) is 0 Å². The van der Waals surface area contributed by atoms with Crippen LogP contribution in [0.25, 0.3) is 0 Å². The molecule has 1 N–H and O–H groups in total. The van der Waals surface area contributed by atoms with Gasteiger partial charge in [0.15, 0.2) is 11.5 Å². The molecular weight excluding hydrogens is 388 g/mol. The van der Waals surface area contributed by atoms with Crippen molar-refractivity contribution in [1.82, 2.24) is 10.2 Å². The molecule has 1 heterocycles. The third-order valence-electron chi connectivity index (χ3n) is 4.91. The summed E-state index contributed by atoms with van der Waals surface area (Å²) < 4.78 is 17.2. The zero-order valence-corrected chi connectivity index (χ0v) is 18.1. The van der Waals surface area contributed by atoms with E-state index in [2.05, 4.69) is 35.3 Å². The molecule has 0 aromatic heterocycles. The first kappa shape index (κ1) is 21.9. The van der Waals surface area contributed by atoms with Crippen molar-refractivity contribution in [3.8, 4) is 11.5 Å². The highest BCUT2D eigenvalue weighted by Gasteiger charge is 2.13. The first-order valence-electron chi connectivity index (χ1n) is 10.3. The number of halogens is 1. The van der Waals surface area contributed by atoms with Crippen LogP contribution in [0.1, 0.15) is 23.6 Å². The highest BCUT2D eigenvalue weighted by molar-refractivity contribution is 6.31. The van der Waals surface area contributed by atoms with Gasteiger partial charge in [0.05, 0.1) is 19.8 Å². The maximum atomic E-state index is 6.53. The van der Waals surface area contributed by atoms with Crippen molar-refractivity contribution in [3.63, 3.8) is 0 Å². The average Bonchev–Trinajstić information content (AvgIpc) is 2.73. The van der Waals surface area contributed by atoms with Crippen molar-refractivity contribution >= 4 is 11.6 Å². The predicted octanol–water partition coefficient (Wildman–Crippen LogP) is 4.05. The molecule has 2 aromatic rings. The molecule has 0 aliphatic carbocycles. The van der Waals surface area contributed by atoms with E-state index in [1.54, 1.807) is 0 Å². The number of benzene rings is 2. The lowest BCUT2D eigenvalue weighted by Crippen LogP contribution is -2.40. The molecule has 0 amide bonds. The quantitative estimate of drug-likeness (QED) is 0.589. The molecule has 1 fully saturated rings. The summed E-state index contributed by atoms with van der Waals surface area (Å²) >= 11 is 6.53. The highest BCUT2D eigenvalue weighted by Crippen LogP contribution is 2.34. The Hall–Kier alpha value is -1.79. The first-order chi connectivity index (χ1) is 14.2. The lowest BCUT2D eigenvalue weighted by Gasteiger charge is -2.26. The fourth-order valence-corrected chi connectivity index (χ4v) is 3.56. The fourth-order valence-electron chi connectivity index (χ4n) is 3.34. The molecule has 158 valence electrons. The van der Waals surface area contributed by atoms with Crippen LogP contribution in [-0.4, -0.2) is 50.9 Å². The Bertz CT molecular complexity index is 779. The Kier molecular flexibility index (Phi) is 8.62. The van der Waals surface area contributed by atoms with Crippen LogP contribution < -0.4 is 14.8 Å². The molecule has 5 nitrogen and oxygen atoms in total. The molecule has 0 bridgehead atoms. The number of nitrogens with zero attached hydrogens (tertiary/aromatic N) is 1. The number of rotatable bonds is 10. The van der Waals surface area contributed by atoms with Crippen LogP contribution in [0.2, 0.25) is 5.02 Å². The topological polar surface area (TPSA) is 43.0 Å². The molecule has 0 saturated carbocycles. The lowest BCUT2D eigenvalue weighted by atomic mass is 10.1. The summed E-state index contributed by atoms with van der Waals surface area (Å²) in [5.41, 5.74) is 3.35. The molecule has 1 aliphatic heterocycles. The second kappa shape index (κ2) is 11.4. The van der Waals surface area contributed by atoms with Gasteiger partial charge in [-0.3, -0.25) is 4.90 Å². The number of morpholine rings is 1. The van der Waals surface area contributed by atoms with E-state index in [0.717, 1.165) is 56.3 Å². The van der Waals surface area contributed by atoms with Crippen molar-refractivity contribution in [2.75, 3.05) is 46.0 Å². The largest absolute Gasteiger partial charge is 0.490 e. The Morgan fingerprint density at radius 2 is 1.90 bits per heavy atom. The summed E-state index contributed by atoms with van der Waals surface area (Å²) in [6.45, 7) is 11.4. The van der Waals surface area contributed by atoms with Gasteiger partial charge in [-0.25, -0.2) is 0 Å². The standard InChI is InChI=1S/C23H31ClN2O3/c1-3-28-22-14-20(16-25-7-8-26-9-11-27-12-10-26)21(24)15-23(22)29-17-19-6-4-5-18(2)13-19/h4-6,13-15,25H,3,7-12,16-17H2,1-2H3. The lowest BCUT2D eigenvalue weighted by molar-refractivity contribution is 0.0384. The molecule has 2 aromatic carbocycles. The van der Waals surface area contributed by atoms with Gasteiger partial charge in [0.25, 0.3) is 0 Å². The SMILES string of the molecule is CCOc1cc(CNCCN2CCOCC2)c(Cl)cc1OCc1cccc(C)c1. The number of ether oxygens (including phenoxy) is 3. The second-order valence-electron chi connectivity index (χ2n) is 7.23. The summed E-state index contributed by atoms with van der Waals surface area (Å²) in [5.74, 6) is 1.41. The Morgan fingerprint density at radius 1 is 1.10 bits per heavy atom. The second-order valence-corrected chi connectivity index (χ2v) is 7.64. The van der Waals surface area contributed by atoms with Crippen molar-refractivity contribution in [3.05, 3.63) is 58.1 Å². The average molecular weight is 419 g/mol. The molecule has 3 rings (SSSR count). The number of aryl methyl sites for hydroxylation is 1. The van der Waals surface area contributed by atoms with Gasteiger partial charge in [-0.1, -0.05) is 41.4 Å². The molecule has 0 radical (unpaired) electrons. The van der Waals surface area contributed by atoms with E-state index >= 15 is 0 Å². The van der Waals surface area contributed by atoms with Crippen LogP contribution in [0.4, 0.5) is 0 Å². The van der Waals surface area contributed by atoms with E-state index in [1.807, 2.05) is 25.1 Å². The number of hydrogen-bond acceptors (Lipinski definition) is 5. The smallest absolute Gasteiger partial charge is 0.163 e. The minimum Gasteiger partial charge on any atom is -0.490 e. The summed E-state index contributed by atoms with van der Waals surface area (Å²) in [7, 11) is 0. The summed E-state index contributed by atoms with van der Waals surface area (Å²) in [6.07, 6.45) is 0. The fraction of sp³-hybridized carbons (Fsp3) is 0.478. The van der Waals surface area contributed by atoms with Gasteiger partial charge >= 0.3 is 0 Å². The summed E-state index contributed by atoms with van der Waals surface area (Å²) in [5, 5.41) is 4.17. The predicted molar refractivity (Wildman–Crippen MR) is 117 cm³/mol. The van der Waals surface area contributed by atoms with Gasteiger partial charge in [0.1, 0.15) is 6.61 Å². The van der Waals surface area contributed by atoms with Crippen molar-refractivity contribution in [2.45, 2.75) is 27.0 Å². The summed E-state index contributed by atoms with van der Waals surface area (Å²) in [6, 6.07) is 12.1. The third-order valence-corrected chi connectivity index (χ3v) is 5.27.